The molecule has 2 heterocycles. The van der Waals surface area contributed by atoms with Gasteiger partial charge in [0.2, 0.25) is 5.91 Å². The van der Waals surface area contributed by atoms with E-state index in [1.165, 1.54) is 21.9 Å². The van der Waals surface area contributed by atoms with Crippen molar-refractivity contribution in [2.75, 3.05) is 26.2 Å². The molecule has 3 aromatic carbocycles. The summed E-state index contributed by atoms with van der Waals surface area (Å²) in [5, 5.41) is 4.45. The Labute approximate surface area is 205 Å². The largest absolute Gasteiger partial charge is 0.339 e. The van der Waals surface area contributed by atoms with Crippen molar-refractivity contribution in [3.05, 3.63) is 125 Å². The number of carbonyl (C=O) groups is 1. The van der Waals surface area contributed by atoms with E-state index in [9.17, 15) is 9.59 Å². The molecular formula is C29H28N4O2. The van der Waals surface area contributed by atoms with E-state index in [2.05, 4.69) is 58.5 Å². The first-order valence-corrected chi connectivity index (χ1v) is 11.9. The Morgan fingerprint density at radius 1 is 0.714 bits per heavy atom. The third-order valence-corrected chi connectivity index (χ3v) is 6.48. The minimum absolute atomic E-state index is 0.0553. The van der Waals surface area contributed by atoms with Crippen molar-refractivity contribution >= 4 is 5.91 Å². The second kappa shape index (κ2) is 10.5. The van der Waals surface area contributed by atoms with Crippen LogP contribution in [0.5, 0.6) is 0 Å². The second-order valence-corrected chi connectivity index (χ2v) is 8.72. The fourth-order valence-corrected chi connectivity index (χ4v) is 4.67. The maximum atomic E-state index is 13.1. The Morgan fingerprint density at radius 2 is 1.26 bits per heavy atom. The molecule has 6 heteroatoms. The standard InChI is InChI=1S/C29H28N4O2/c34-27-17-16-26(23-10-4-1-5-11-23)30-33(27)22-28(35)31-18-20-32(21-19-31)29(24-12-6-2-7-13-24)25-14-8-3-9-15-25/h1-17,29H,18-22H2. The minimum Gasteiger partial charge on any atom is -0.339 e. The molecule has 0 atom stereocenters. The van der Waals surface area contributed by atoms with Crippen LogP contribution in [0.15, 0.2) is 108 Å². The first kappa shape index (κ1) is 22.7. The summed E-state index contributed by atoms with van der Waals surface area (Å²) in [4.78, 5) is 29.8. The Balaban J connectivity index is 1.28. The number of hydrogen-bond acceptors (Lipinski definition) is 4. The number of amides is 1. The Hall–Kier alpha value is -4.03. The van der Waals surface area contributed by atoms with Crippen LogP contribution in [0.1, 0.15) is 17.2 Å². The van der Waals surface area contributed by atoms with Gasteiger partial charge >= 0.3 is 0 Å². The summed E-state index contributed by atoms with van der Waals surface area (Å²) in [6.07, 6.45) is 0. The topological polar surface area (TPSA) is 58.4 Å². The van der Waals surface area contributed by atoms with Crippen LogP contribution in [0.4, 0.5) is 0 Å². The molecule has 0 unspecified atom stereocenters. The first-order valence-electron chi connectivity index (χ1n) is 11.9. The van der Waals surface area contributed by atoms with Gasteiger partial charge in [0, 0.05) is 37.8 Å². The molecule has 1 amide bonds. The minimum atomic E-state index is -0.273. The van der Waals surface area contributed by atoms with Crippen LogP contribution in [0.25, 0.3) is 11.3 Å². The summed E-state index contributed by atoms with van der Waals surface area (Å²) in [5.74, 6) is -0.0829. The normalized spacial score (nSPS) is 14.3. The van der Waals surface area contributed by atoms with Gasteiger partial charge in [0.1, 0.15) is 6.54 Å². The molecular weight excluding hydrogens is 436 g/mol. The van der Waals surface area contributed by atoms with Gasteiger partial charge in [0.15, 0.2) is 0 Å². The predicted molar refractivity (Wildman–Crippen MR) is 137 cm³/mol. The van der Waals surface area contributed by atoms with Crippen LogP contribution < -0.4 is 5.56 Å². The Morgan fingerprint density at radius 3 is 1.83 bits per heavy atom. The van der Waals surface area contributed by atoms with E-state index < -0.39 is 0 Å². The summed E-state index contributed by atoms with van der Waals surface area (Å²) in [7, 11) is 0. The molecule has 0 spiro atoms. The van der Waals surface area contributed by atoms with Gasteiger partial charge in [-0.2, -0.15) is 5.10 Å². The lowest BCUT2D eigenvalue weighted by molar-refractivity contribution is -0.134. The number of carbonyl (C=O) groups excluding carboxylic acids is 1. The van der Waals surface area contributed by atoms with Crippen LogP contribution in [-0.2, 0) is 11.3 Å². The van der Waals surface area contributed by atoms with E-state index in [4.69, 9.17) is 0 Å². The number of hydrogen-bond donors (Lipinski definition) is 0. The number of benzene rings is 3. The molecule has 1 aliphatic rings. The molecule has 5 rings (SSSR count). The quantitative estimate of drug-likeness (QED) is 0.435. The maximum Gasteiger partial charge on any atom is 0.267 e. The third-order valence-electron chi connectivity index (χ3n) is 6.48. The number of rotatable bonds is 6. The first-order chi connectivity index (χ1) is 17.2. The van der Waals surface area contributed by atoms with Crippen LogP contribution in [0.2, 0.25) is 0 Å². The van der Waals surface area contributed by atoms with Crippen LogP contribution in [-0.4, -0.2) is 51.7 Å². The number of nitrogens with zero attached hydrogens (tertiary/aromatic N) is 4. The summed E-state index contributed by atoms with van der Waals surface area (Å²) < 4.78 is 1.27. The molecule has 0 saturated carbocycles. The molecule has 1 aliphatic heterocycles. The fraction of sp³-hybridized carbons (Fsp3) is 0.207. The second-order valence-electron chi connectivity index (χ2n) is 8.72. The average Bonchev–Trinajstić information content (AvgIpc) is 2.92. The molecule has 0 radical (unpaired) electrons. The van der Waals surface area contributed by atoms with Crippen LogP contribution in [0, 0.1) is 0 Å². The molecule has 1 aromatic heterocycles. The van der Waals surface area contributed by atoms with E-state index in [1.807, 2.05) is 47.4 Å². The van der Waals surface area contributed by atoms with Crippen molar-refractivity contribution in [3.63, 3.8) is 0 Å². The van der Waals surface area contributed by atoms with Crippen molar-refractivity contribution in [3.8, 4) is 11.3 Å². The van der Waals surface area contributed by atoms with Gasteiger partial charge in [-0.15, -0.1) is 0 Å². The molecule has 176 valence electrons. The summed E-state index contributed by atoms with van der Waals surface area (Å²) in [6, 6.07) is 34.0. The van der Waals surface area contributed by atoms with Gasteiger partial charge in [-0.1, -0.05) is 91.0 Å². The molecule has 6 nitrogen and oxygen atoms in total. The van der Waals surface area contributed by atoms with E-state index in [0.717, 1.165) is 18.7 Å². The van der Waals surface area contributed by atoms with Crippen LogP contribution >= 0.6 is 0 Å². The van der Waals surface area contributed by atoms with Gasteiger partial charge in [0.05, 0.1) is 11.7 Å². The highest BCUT2D eigenvalue weighted by Gasteiger charge is 2.28. The lowest BCUT2D eigenvalue weighted by Crippen LogP contribution is -2.51. The SMILES string of the molecule is O=C(Cn1nc(-c2ccccc2)ccc1=O)N1CCN(C(c2ccccc2)c2ccccc2)CC1. The molecule has 1 fully saturated rings. The van der Waals surface area contributed by atoms with Crippen molar-refractivity contribution < 1.29 is 4.79 Å². The highest BCUT2D eigenvalue weighted by molar-refractivity contribution is 5.76. The van der Waals surface area contributed by atoms with Crippen molar-refractivity contribution in [2.24, 2.45) is 0 Å². The van der Waals surface area contributed by atoms with E-state index in [0.29, 0.717) is 18.8 Å². The molecule has 0 aliphatic carbocycles. The van der Waals surface area contributed by atoms with Crippen molar-refractivity contribution in [1.82, 2.24) is 19.6 Å². The van der Waals surface area contributed by atoms with Gasteiger partial charge in [-0.25, -0.2) is 4.68 Å². The molecule has 0 N–H and O–H groups in total. The molecule has 1 saturated heterocycles. The summed E-state index contributed by atoms with van der Waals surface area (Å²) in [6.45, 7) is 2.68. The zero-order chi connectivity index (χ0) is 24.0. The van der Waals surface area contributed by atoms with E-state index >= 15 is 0 Å². The third kappa shape index (κ3) is 5.23. The molecule has 0 bridgehead atoms. The molecule has 35 heavy (non-hydrogen) atoms. The number of piperazine rings is 1. The van der Waals surface area contributed by atoms with Crippen LogP contribution in [0.3, 0.4) is 0 Å². The predicted octanol–water partition coefficient (Wildman–Crippen LogP) is 3.84. The maximum absolute atomic E-state index is 13.1. The van der Waals surface area contributed by atoms with Gasteiger partial charge in [-0.3, -0.25) is 14.5 Å². The van der Waals surface area contributed by atoms with Gasteiger partial charge in [-0.05, 0) is 17.2 Å². The van der Waals surface area contributed by atoms with Gasteiger partial charge in [0.25, 0.3) is 5.56 Å². The fourth-order valence-electron chi connectivity index (χ4n) is 4.67. The summed E-state index contributed by atoms with van der Waals surface area (Å²) in [5.41, 5.74) is 3.80. The Bertz CT molecular complexity index is 1280. The number of aromatic nitrogens is 2. The average molecular weight is 465 g/mol. The summed E-state index contributed by atoms with van der Waals surface area (Å²) >= 11 is 0. The van der Waals surface area contributed by atoms with Crippen molar-refractivity contribution in [2.45, 2.75) is 12.6 Å². The highest BCUT2D eigenvalue weighted by atomic mass is 16.2. The monoisotopic (exact) mass is 464 g/mol. The zero-order valence-corrected chi connectivity index (χ0v) is 19.5. The van der Waals surface area contributed by atoms with E-state index in [1.54, 1.807) is 6.07 Å². The molecule has 4 aromatic rings. The zero-order valence-electron chi connectivity index (χ0n) is 19.5. The van der Waals surface area contributed by atoms with E-state index in [-0.39, 0.29) is 24.1 Å². The van der Waals surface area contributed by atoms with Crippen molar-refractivity contribution in [1.29, 1.82) is 0 Å². The lowest BCUT2D eigenvalue weighted by atomic mass is 9.96. The van der Waals surface area contributed by atoms with Gasteiger partial charge < -0.3 is 4.90 Å². The highest BCUT2D eigenvalue weighted by Crippen LogP contribution is 2.29. The Kier molecular flexibility index (Phi) is 6.82. The smallest absolute Gasteiger partial charge is 0.267 e. The lowest BCUT2D eigenvalue weighted by Gasteiger charge is -2.39.